The van der Waals surface area contributed by atoms with Crippen molar-refractivity contribution in [2.24, 2.45) is 0 Å². The van der Waals surface area contributed by atoms with Crippen LogP contribution in [0.25, 0.3) is 6.08 Å². The molecular formula is C29H39FN2O3. The highest BCUT2D eigenvalue weighted by atomic mass is 19.1. The van der Waals surface area contributed by atoms with Gasteiger partial charge in [0.15, 0.2) is 0 Å². The quantitative estimate of drug-likeness (QED) is 0.245. The van der Waals surface area contributed by atoms with Gasteiger partial charge in [0.2, 0.25) is 5.91 Å². The maximum atomic E-state index is 12.9. The van der Waals surface area contributed by atoms with Gasteiger partial charge in [-0.2, -0.15) is 0 Å². The fourth-order valence-corrected chi connectivity index (χ4v) is 3.77. The summed E-state index contributed by atoms with van der Waals surface area (Å²) in [6.07, 6.45) is 10.9. The van der Waals surface area contributed by atoms with Gasteiger partial charge in [-0.15, -0.1) is 0 Å². The van der Waals surface area contributed by atoms with E-state index in [1.807, 2.05) is 55.4 Å². The molecule has 2 rings (SSSR count). The summed E-state index contributed by atoms with van der Waals surface area (Å²) < 4.78 is 18.3. The average molecular weight is 483 g/mol. The zero-order valence-corrected chi connectivity index (χ0v) is 21.0. The average Bonchev–Trinajstić information content (AvgIpc) is 2.83. The van der Waals surface area contributed by atoms with Gasteiger partial charge >= 0.3 is 5.97 Å². The molecule has 0 saturated carbocycles. The molecule has 1 N–H and O–H groups in total. The smallest absolute Gasteiger partial charge is 0.308 e. The van der Waals surface area contributed by atoms with Crippen LogP contribution in [0.5, 0.6) is 0 Å². The molecule has 0 radical (unpaired) electrons. The zero-order chi connectivity index (χ0) is 25.3. The maximum absolute atomic E-state index is 12.9. The predicted octanol–water partition coefficient (Wildman–Crippen LogP) is 5.75. The molecule has 0 heterocycles. The third kappa shape index (κ3) is 13.5. The molecule has 2 aromatic rings. The standard InChI is InChI=1S/C29H39FN2O3/c1-32(2)22-27(21-29(34)35-23-25-14-10-8-11-15-25)31-28(33)16-12-7-5-3-4-6-9-13-24-17-19-26(30)20-18-24/h8-11,13-15,17-20,27H,3-7,12,16,21-23H2,1-2H3,(H,31,33)/t27-/m1/s1. The lowest BCUT2D eigenvalue weighted by Gasteiger charge is -2.22. The number of carbonyl (C=O) groups excluding carboxylic acids is 2. The number of nitrogens with one attached hydrogen (secondary N) is 1. The summed E-state index contributed by atoms with van der Waals surface area (Å²) >= 11 is 0. The molecular weight excluding hydrogens is 443 g/mol. The number of esters is 1. The summed E-state index contributed by atoms with van der Waals surface area (Å²) in [7, 11) is 3.84. The summed E-state index contributed by atoms with van der Waals surface area (Å²) in [6.45, 7) is 0.821. The molecule has 0 aliphatic heterocycles. The Labute approximate surface area is 209 Å². The SMILES string of the molecule is CN(C)C[C@@H](CC(=O)OCc1ccccc1)NC(=O)CCCCCCCC=Cc1ccc(F)cc1. The lowest BCUT2D eigenvalue weighted by molar-refractivity contribution is -0.145. The number of allylic oxidation sites excluding steroid dienone is 1. The minimum atomic E-state index is -0.311. The van der Waals surface area contributed by atoms with Crippen LogP contribution in [0.2, 0.25) is 0 Å². The summed E-state index contributed by atoms with van der Waals surface area (Å²) in [5.74, 6) is -0.546. The molecule has 0 bridgehead atoms. The van der Waals surface area contributed by atoms with E-state index >= 15 is 0 Å². The molecule has 2 aromatic carbocycles. The largest absolute Gasteiger partial charge is 0.461 e. The number of ether oxygens (including phenoxy) is 1. The second-order valence-corrected chi connectivity index (χ2v) is 9.14. The van der Waals surface area contributed by atoms with Gasteiger partial charge in [0.05, 0.1) is 12.5 Å². The van der Waals surface area contributed by atoms with E-state index in [0.717, 1.165) is 49.7 Å². The highest BCUT2D eigenvalue weighted by molar-refractivity contribution is 5.77. The van der Waals surface area contributed by atoms with Crippen LogP contribution < -0.4 is 5.32 Å². The summed E-state index contributed by atoms with van der Waals surface area (Å²) in [5.41, 5.74) is 1.95. The number of likely N-dealkylation sites (N-methyl/N-ethyl adjacent to an activating group) is 1. The Morgan fingerprint density at radius 3 is 2.37 bits per heavy atom. The minimum Gasteiger partial charge on any atom is -0.461 e. The molecule has 1 amide bonds. The lowest BCUT2D eigenvalue weighted by atomic mass is 10.1. The molecule has 35 heavy (non-hydrogen) atoms. The Morgan fingerprint density at radius 2 is 1.66 bits per heavy atom. The van der Waals surface area contributed by atoms with Crippen molar-refractivity contribution in [2.75, 3.05) is 20.6 Å². The number of carbonyl (C=O) groups is 2. The Balaban J connectivity index is 1.57. The molecule has 1 atom stereocenters. The lowest BCUT2D eigenvalue weighted by Crippen LogP contribution is -2.43. The summed E-state index contributed by atoms with van der Waals surface area (Å²) in [6, 6.07) is 15.8. The third-order valence-corrected chi connectivity index (χ3v) is 5.56. The fourth-order valence-electron chi connectivity index (χ4n) is 3.77. The van der Waals surface area contributed by atoms with E-state index in [2.05, 4.69) is 11.4 Å². The van der Waals surface area contributed by atoms with E-state index < -0.39 is 0 Å². The first-order valence-electron chi connectivity index (χ1n) is 12.5. The highest BCUT2D eigenvalue weighted by Gasteiger charge is 2.18. The number of rotatable bonds is 16. The molecule has 0 aliphatic carbocycles. The fraction of sp³-hybridized carbons (Fsp3) is 0.448. The van der Waals surface area contributed by atoms with Crippen LogP contribution >= 0.6 is 0 Å². The topological polar surface area (TPSA) is 58.6 Å². The molecule has 0 aromatic heterocycles. The van der Waals surface area contributed by atoms with Crippen LogP contribution in [0.3, 0.4) is 0 Å². The van der Waals surface area contributed by atoms with Crippen molar-refractivity contribution in [1.29, 1.82) is 0 Å². The first-order valence-corrected chi connectivity index (χ1v) is 12.5. The van der Waals surface area contributed by atoms with Gasteiger partial charge in [-0.3, -0.25) is 9.59 Å². The molecule has 0 unspecified atom stereocenters. The van der Waals surface area contributed by atoms with E-state index in [4.69, 9.17) is 4.74 Å². The van der Waals surface area contributed by atoms with Crippen LogP contribution in [0.15, 0.2) is 60.7 Å². The molecule has 190 valence electrons. The molecule has 6 heteroatoms. The monoisotopic (exact) mass is 482 g/mol. The Bertz CT molecular complexity index is 898. The Kier molecular flexibility index (Phi) is 13.4. The number of hydrogen-bond acceptors (Lipinski definition) is 4. The number of amides is 1. The van der Waals surface area contributed by atoms with Gasteiger partial charge in [0.25, 0.3) is 0 Å². The van der Waals surface area contributed by atoms with Gasteiger partial charge in [-0.25, -0.2) is 4.39 Å². The van der Waals surface area contributed by atoms with E-state index in [0.29, 0.717) is 13.0 Å². The van der Waals surface area contributed by atoms with E-state index in [9.17, 15) is 14.0 Å². The Morgan fingerprint density at radius 1 is 0.971 bits per heavy atom. The molecule has 0 aliphatic rings. The third-order valence-electron chi connectivity index (χ3n) is 5.56. The number of benzene rings is 2. The molecule has 0 fully saturated rings. The summed E-state index contributed by atoms with van der Waals surface area (Å²) in [4.78, 5) is 26.6. The van der Waals surface area contributed by atoms with Gasteiger partial charge in [-0.1, -0.05) is 73.9 Å². The number of nitrogens with zero attached hydrogens (tertiary/aromatic N) is 1. The van der Waals surface area contributed by atoms with Gasteiger partial charge in [-0.05, 0) is 56.6 Å². The number of hydrogen-bond donors (Lipinski definition) is 1. The van der Waals surface area contributed by atoms with Crippen molar-refractivity contribution < 1.29 is 18.7 Å². The van der Waals surface area contributed by atoms with Crippen molar-refractivity contribution in [3.63, 3.8) is 0 Å². The van der Waals surface area contributed by atoms with Crippen molar-refractivity contribution in [3.05, 3.63) is 77.6 Å². The normalized spacial score (nSPS) is 12.1. The van der Waals surface area contributed by atoms with E-state index in [-0.39, 0.29) is 36.8 Å². The predicted molar refractivity (Wildman–Crippen MR) is 139 cm³/mol. The van der Waals surface area contributed by atoms with Crippen molar-refractivity contribution in [3.8, 4) is 0 Å². The van der Waals surface area contributed by atoms with Gasteiger partial charge in [0.1, 0.15) is 12.4 Å². The van der Waals surface area contributed by atoms with Crippen molar-refractivity contribution in [2.45, 2.75) is 64.0 Å². The van der Waals surface area contributed by atoms with Crippen LogP contribution in [-0.2, 0) is 20.9 Å². The first-order chi connectivity index (χ1) is 16.9. The maximum Gasteiger partial charge on any atom is 0.308 e. The van der Waals surface area contributed by atoms with Crippen molar-refractivity contribution >= 4 is 18.0 Å². The molecule has 0 saturated heterocycles. The second-order valence-electron chi connectivity index (χ2n) is 9.14. The minimum absolute atomic E-state index is 0.0186. The van der Waals surface area contributed by atoms with Gasteiger partial charge in [0, 0.05) is 13.0 Å². The van der Waals surface area contributed by atoms with Crippen LogP contribution in [0, 0.1) is 5.82 Å². The Hall–Kier alpha value is -2.99. The highest BCUT2D eigenvalue weighted by Crippen LogP contribution is 2.10. The van der Waals surface area contributed by atoms with Crippen LogP contribution in [0.4, 0.5) is 4.39 Å². The van der Waals surface area contributed by atoms with Crippen LogP contribution in [-0.4, -0.2) is 43.5 Å². The first kappa shape index (κ1) is 28.2. The van der Waals surface area contributed by atoms with Crippen molar-refractivity contribution in [1.82, 2.24) is 10.2 Å². The van der Waals surface area contributed by atoms with E-state index in [1.54, 1.807) is 12.1 Å². The molecule has 5 nitrogen and oxygen atoms in total. The number of unbranched alkanes of at least 4 members (excludes halogenated alkanes) is 5. The second kappa shape index (κ2) is 16.6. The summed E-state index contributed by atoms with van der Waals surface area (Å²) in [5, 5.41) is 3.00. The molecule has 0 spiro atoms. The van der Waals surface area contributed by atoms with Gasteiger partial charge < -0.3 is 15.0 Å². The van der Waals surface area contributed by atoms with E-state index in [1.165, 1.54) is 12.1 Å². The zero-order valence-electron chi connectivity index (χ0n) is 21.0. The van der Waals surface area contributed by atoms with Crippen LogP contribution in [0.1, 0.15) is 62.5 Å². The number of halogens is 1.